The second-order valence-electron chi connectivity index (χ2n) is 6.58. The number of benzene rings is 1. The molecule has 0 fully saturated rings. The summed E-state index contributed by atoms with van der Waals surface area (Å²) in [4.78, 5) is 24.6. The maximum absolute atomic E-state index is 14.6. The lowest BCUT2D eigenvalue weighted by atomic mass is 10.2. The Hall–Kier alpha value is -4.05. The first-order valence-electron chi connectivity index (χ1n) is 9.49. The van der Waals surface area contributed by atoms with Gasteiger partial charge in [0.1, 0.15) is 22.9 Å². The molecule has 1 aromatic carbocycles. The smallest absolute Gasteiger partial charge is 0.259 e. The fraction of sp³-hybridized carbons (Fsp3) is 0.0952. The highest BCUT2D eigenvalue weighted by Crippen LogP contribution is 2.34. The summed E-state index contributed by atoms with van der Waals surface area (Å²) < 4.78 is 21.7. The molecule has 3 N–H and O–H groups in total. The number of hydrogen-bond acceptors (Lipinski definition) is 7. The van der Waals surface area contributed by atoms with E-state index >= 15 is 0 Å². The Labute approximate surface area is 187 Å². The molecule has 0 atom stereocenters. The van der Waals surface area contributed by atoms with Crippen molar-refractivity contribution in [3.63, 3.8) is 0 Å². The zero-order valence-corrected chi connectivity index (χ0v) is 17.5. The number of nitrogen functional groups attached to an aromatic ring is 1. The number of ether oxygens (including phenoxy) is 1. The van der Waals surface area contributed by atoms with Crippen LogP contribution in [0.15, 0.2) is 55.4 Å². The number of hydrogen-bond donors (Lipinski definition) is 2. The van der Waals surface area contributed by atoms with Gasteiger partial charge in [0, 0.05) is 24.0 Å². The molecule has 11 heteroatoms. The van der Waals surface area contributed by atoms with Crippen molar-refractivity contribution in [3.8, 4) is 17.2 Å². The Morgan fingerprint density at radius 2 is 2.00 bits per heavy atom. The molecule has 1 amide bonds. The Kier molecular flexibility index (Phi) is 5.95. The Morgan fingerprint density at radius 3 is 2.72 bits per heavy atom. The molecule has 0 saturated carbocycles. The Morgan fingerprint density at radius 1 is 1.22 bits per heavy atom. The zero-order valence-electron chi connectivity index (χ0n) is 16.8. The molecule has 0 aliphatic rings. The molecule has 0 radical (unpaired) electrons. The summed E-state index contributed by atoms with van der Waals surface area (Å²) >= 11 is 6.03. The van der Waals surface area contributed by atoms with Crippen LogP contribution in [0.1, 0.15) is 23.0 Å². The van der Waals surface area contributed by atoms with Gasteiger partial charge in [0.05, 0.1) is 29.8 Å². The van der Waals surface area contributed by atoms with E-state index in [1.807, 2.05) is 6.92 Å². The molecule has 0 aliphatic heterocycles. The van der Waals surface area contributed by atoms with Crippen molar-refractivity contribution in [2.24, 2.45) is 0 Å². The molecule has 32 heavy (non-hydrogen) atoms. The maximum Gasteiger partial charge on any atom is 0.259 e. The molecule has 0 aliphatic carbocycles. The topological polar surface area (TPSA) is 121 Å². The number of carbonyl (C=O) groups excluding carboxylic acids is 1. The van der Waals surface area contributed by atoms with Crippen molar-refractivity contribution in [3.05, 3.63) is 77.5 Å². The van der Waals surface area contributed by atoms with Gasteiger partial charge in [0.15, 0.2) is 17.3 Å². The molecule has 162 valence electrons. The highest BCUT2D eigenvalue weighted by atomic mass is 35.5. The van der Waals surface area contributed by atoms with E-state index in [1.165, 1.54) is 36.9 Å². The van der Waals surface area contributed by atoms with Crippen molar-refractivity contribution < 1.29 is 13.9 Å². The van der Waals surface area contributed by atoms with E-state index in [0.29, 0.717) is 23.4 Å². The molecule has 9 nitrogen and oxygen atoms in total. The van der Waals surface area contributed by atoms with Gasteiger partial charge in [-0.1, -0.05) is 18.5 Å². The largest absolute Gasteiger partial charge is 0.453 e. The van der Waals surface area contributed by atoms with E-state index in [-0.39, 0.29) is 28.0 Å². The minimum Gasteiger partial charge on any atom is -0.453 e. The first-order chi connectivity index (χ1) is 15.5. The fourth-order valence-electron chi connectivity index (χ4n) is 3.03. The van der Waals surface area contributed by atoms with Crippen LogP contribution in [-0.2, 0) is 6.42 Å². The van der Waals surface area contributed by atoms with E-state index in [2.05, 4.69) is 25.4 Å². The first-order valence-corrected chi connectivity index (χ1v) is 9.86. The average molecular weight is 454 g/mol. The molecule has 0 saturated heterocycles. The van der Waals surface area contributed by atoms with Crippen LogP contribution in [0, 0.1) is 5.82 Å². The van der Waals surface area contributed by atoms with Gasteiger partial charge >= 0.3 is 0 Å². The summed E-state index contributed by atoms with van der Waals surface area (Å²) in [7, 11) is 0. The number of nitrogens with two attached hydrogens (primary N) is 1. The normalized spacial score (nSPS) is 10.7. The number of carbonyl (C=O) groups is 1. The highest BCUT2D eigenvalue weighted by molar-refractivity contribution is 6.34. The highest BCUT2D eigenvalue weighted by Gasteiger charge is 2.18. The van der Waals surface area contributed by atoms with E-state index < -0.39 is 11.7 Å². The molecular weight excluding hydrogens is 437 g/mol. The molecule has 3 aromatic heterocycles. The molecule has 0 spiro atoms. The van der Waals surface area contributed by atoms with Gasteiger partial charge in [0.2, 0.25) is 0 Å². The summed E-state index contributed by atoms with van der Waals surface area (Å²) in [6.07, 6.45) is 7.98. The predicted octanol–water partition coefficient (Wildman–Crippen LogP) is 4.04. The number of nitrogens with zero attached hydrogens (tertiary/aromatic N) is 5. The van der Waals surface area contributed by atoms with Crippen LogP contribution in [0.5, 0.6) is 11.5 Å². The Bertz CT molecular complexity index is 1280. The van der Waals surface area contributed by atoms with Gasteiger partial charge in [-0.15, -0.1) is 0 Å². The summed E-state index contributed by atoms with van der Waals surface area (Å²) in [6.45, 7) is 1.90. The second kappa shape index (κ2) is 8.98. The van der Waals surface area contributed by atoms with Crippen molar-refractivity contribution >= 4 is 29.0 Å². The van der Waals surface area contributed by atoms with Gasteiger partial charge in [-0.3, -0.25) is 4.79 Å². The Balaban J connectivity index is 1.54. The molecule has 0 unspecified atom stereocenters. The lowest BCUT2D eigenvalue weighted by Crippen LogP contribution is -2.14. The van der Waals surface area contributed by atoms with Gasteiger partial charge in [-0.25, -0.2) is 24.0 Å². The van der Waals surface area contributed by atoms with E-state index in [1.54, 1.807) is 17.1 Å². The SMILES string of the molecule is CCc1c(C(=O)Nc2ccc(Oc3ccnc(N)c3Cl)c(F)c2)cnn1-c1cncnc1. The molecule has 4 aromatic rings. The standard InChI is InChI=1S/C21H17ClFN7O2/c1-2-16-14(10-28-30(16)13-8-25-11-26-9-13)21(31)29-12-3-4-17(15(23)7-12)32-18-5-6-27-20(24)19(18)22/h3-11H,2H2,1H3,(H2,24,27)(H,29,31). The van der Waals surface area contributed by atoms with Crippen LogP contribution in [-0.4, -0.2) is 30.6 Å². The lowest BCUT2D eigenvalue weighted by molar-refractivity contribution is 0.102. The molecule has 4 rings (SSSR count). The van der Waals surface area contributed by atoms with Crippen molar-refractivity contribution in [1.29, 1.82) is 0 Å². The number of halogens is 2. The van der Waals surface area contributed by atoms with E-state index in [9.17, 15) is 9.18 Å². The summed E-state index contributed by atoms with van der Waals surface area (Å²) in [5.74, 6) is -0.964. The van der Waals surface area contributed by atoms with E-state index in [0.717, 1.165) is 6.07 Å². The van der Waals surface area contributed by atoms with Gasteiger partial charge in [0.25, 0.3) is 5.91 Å². The van der Waals surface area contributed by atoms with Crippen LogP contribution in [0.4, 0.5) is 15.9 Å². The predicted molar refractivity (Wildman–Crippen MR) is 117 cm³/mol. The average Bonchev–Trinajstić information content (AvgIpc) is 3.23. The summed E-state index contributed by atoms with van der Waals surface area (Å²) in [5.41, 5.74) is 7.54. The third kappa shape index (κ3) is 4.21. The number of pyridine rings is 1. The third-order valence-corrected chi connectivity index (χ3v) is 4.91. The third-order valence-electron chi connectivity index (χ3n) is 4.53. The maximum atomic E-state index is 14.6. The van der Waals surface area contributed by atoms with Crippen LogP contribution in [0.2, 0.25) is 5.02 Å². The minimum absolute atomic E-state index is 0.0720. The fourth-order valence-corrected chi connectivity index (χ4v) is 3.18. The quantitative estimate of drug-likeness (QED) is 0.452. The number of anilines is 2. The van der Waals surface area contributed by atoms with Crippen LogP contribution in [0.3, 0.4) is 0 Å². The summed E-state index contributed by atoms with van der Waals surface area (Å²) in [6, 6.07) is 5.50. The van der Waals surface area contributed by atoms with Crippen LogP contribution >= 0.6 is 11.6 Å². The molecular formula is C21H17ClFN7O2. The van der Waals surface area contributed by atoms with Gasteiger partial charge in [-0.05, 0) is 18.6 Å². The van der Waals surface area contributed by atoms with Crippen LogP contribution in [0.25, 0.3) is 5.69 Å². The lowest BCUT2D eigenvalue weighted by Gasteiger charge is -2.11. The summed E-state index contributed by atoms with van der Waals surface area (Å²) in [5, 5.41) is 7.02. The van der Waals surface area contributed by atoms with Crippen LogP contribution < -0.4 is 15.8 Å². The second-order valence-corrected chi connectivity index (χ2v) is 6.95. The zero-order chi connectivity index (χ0) is 22.7. The molecule has 0 bridgehead atoms. The van der Waals surface area contributed by atoms with Gasteiger partial charge < -0.3 is 15.8 Å². The van der Waals surface area contributed by atoms with Gasteiger partial charge in [-0.2, -0.15) is 5.10 Å². The monoisotopic (exact) mass is 453 g/mol. The number of nitrogens with one attached hydrogen (secondary N) is 1. The minimum atomic E-state index is -0.693. The number of amides is 1. The van der Waals surface area contributed by atoms with Crippen molar-refractivity contribution in [2.75, 3.05) is 11.1 Å². The first kappa shape index (κ1) is 21.2. The number of rotatable bonds is 6. The number of aromatic nitrogens is 5. The van der Waals surface area contributed by atoms with Crippen molar-refractivity contribution in [2.45, 2.75) is 13.3 Å². The van der Waals surface area contributed by atoms with E-state index in [4.69, 9.17) is 22.1 Å². The molecule has 3 heterocycles. The van der Waals surface area contributed by atoms with Crippen molar-refractivity contribution in [1.82, 2.24) is 24.7 Å².